The molecule has 6 rings (SSSR count). The average Bonchev–Trinajstić information content (AvgIpc) is 3.62. The molecule has 3 heterocycles. The van der Waals surface area contributed by atoms with Gasteiger partial charge in [-0.25, -0.2) is 9.78 Å². The van der Waals surface area contributed by atoms with Crippen LogP contribution in [0.2, 0.25) is 0 Å². The first kappa shape index (κ1) is 37.4. The zero-order valence-electron chi connectivity index (χ0n) is 29.5. The number of carbonyl (C=O) groups is 1. The van der Waals surface area contributed by atoms with Crippen molar-refractivity contribution in [3.63, 3.8) is 0 Å². The van der Waals surface area contributed by atoms with Crippen molar-refractivity contribution >= 4 is 40.1 Å². The van der Waals surface area contributed by atoms with E-state index in [-0.39, 0.29) is 41.9 Å². The largest absolute Gasteiger partial charge is 0.496 e. The first-order valence-electron chi connectivity index (χ1n) is 17.1. The smallest absolute Gasteiger partial charge is 0.271 e. The minimum atomic E-state index is -1.53. The number of amides is 1. The summed E-state index contributed by atoms with van der Waals surface area (Å²) in [6.07, 6.45) is 6.96. The van der Waals surface area contributed by atoms with E-state index in [0.29, 0.717) is 48.6 Å². The number of benzene rings is 2. The highest BCUT2D eigenvalue weighted by atomic mass is 35.5. The number of carbonyl (C=O) groups excluding carboxylic acids is 2. The molecule has 0 radical (unpaired) electrons. The van der Waals surface area contributed by atoms with E-state index in [1.807, 2.05) is 49.3 Å². The number of hydrogen-bond donors (Lipinski definition) is 5. The first-order chi connectivity index (χ1) is 25.7. The van der Waals surface area contributed by atoms with Gasteiger partial charge in [0.15, 0.2) is 11.1 Å². The number of aliphatic hydroxyl groups is 1. The molecule has 0 saturated carbocycles. The third kappa shape index (κ3) is 7.89. The summed E-state index contributed by atoms with van der Waals surface area (Å²) in [4.78, 5) is 34.5. The number of nitriles is 1. The number of hydrogen-bond acceptors (Lipinski definition) is 12. The molecule has 1 aliphatic carbocycles. The Morgan fingerprint density at radius 3 is 2.79 bits per heavy atom. The Hall–Kier alpha value is -5.32. The van der Waals surface area contributed by atoms with Crippen molar-refractivity contribution in [2.45, 2.75) is 49.5 Å². The maximum absolute atomic E-state index is 14.2. The number of likely N-dealkylation sites (N-methyl/N-ethyl adjacent to an activating group) is 1. The molecule has 53 heavy (non-hydrogen) atoms. The standard InChI is InChI=1S/C39H40ClN7O6/c1-23-7-4-5-8-28(23)29-9-6-11-39(36(29)40,47-37(50)32-15-34(51-3)26(19-45-32)18-43-20-27(21-48)42-2)38-46-31-14-24(13-25(16-41)35(31)53-38)17-44-30-10-12-52-22-33(30)49/h4-9,11,13-15,19,30,33,36,42-44,49H,10,12,17-18,20,22H2,1-3H3,(H,47,50)/t30-,33-,36?,39?/m1/s1. The molecule has 1 saturated heterocycles. The summed E-state index contributed by atoms with van der Waals surface area (Å²) in [7, 11) is 3.13. The number of alkyl halides is 1. The Kier molecular flexibility index (Phi) is 11.7. The molecule has 2 aromatic heterocycles. The quantitative estimate of drug-likeness (QED) is 0.0995. The SMILES string of the molecule is CNC(=C=O)CNCc1cnc(C(=O)NC2(c3nc4cc(CN[C@@H]5CCOC[C@H]5O)cc(C#N)c4o3)C=CC=C(c3ccccc3C)C2Cl)cc1OC. The van der Waals surface area contributed by atoms with Gasteiger partial charge in [-0.3, -0.25) is 9.78 Å². The molecule has 13 nitrogen and oxygen atoms in total. The van der Waals surface area contributed by atoms with Gasteiger partial charge in [0.25, 0.3) is 5.91 Å². The second-order valence-electron chi connectivity index (χ2n) is 12.8. The molecular formula is C39H40ClN7O6. The predicted molar refractivity (Wildman–Crippen MR) is 199 cm³/mol. The lowest BCUT2D eigenvalue weighted by Gasteiger charge is -2.36. The van der Waals surface area contributed by atoms with Crippen molar-refractivity contribution in [3.05, 3.63) is 112 Å². The van der Waals surface area contributed by atoms with Crippen molar-refractivity contribution < 1.29 is 28.6 Å². The van der Waals surface area contributed by atoms with E-state index in [0.717, 1.165) is 22.3 Å². The number of pyridine rings is 1. The minimum absolute atomic E-state index is 0.0513. The highest BCUT2D eigenvalue weighted by Gasteiger charge is 2.47. The third-order valence-corrected chi connectivity index (χ3v) is 10.0. The van der Waals surface area contributed by atoms with E-state index in [2.05, 4.69) is 32.3 Å². The molecule has 1 fully saturated rings. The molecule has 0 spiro atoms. The summed E-state index contributed by atoms with van der Waals surface area (Å²) in [6, 6.07) is 14.9. The van der Waals surface area contributed by atoms with E-state index in [4.69, 9.17) is 30.5 Å². The Bertz CT molecular complexity index is 2150. The van der Waals surface area contributed by atoms with E-state index in [9.17, 15) is 20.0 Å². The number of halogens is 1. The van der Waals surface area contributed by atoms with Gasteiger partial charge < -0.3 is 40.3 Å². The van der Waals surface area contributed by atoms with Crippen LogP contribution in [0.1, 0.15) is 50.6 Å². The highest BCUT2D eigenvalue weighted by Crippen LogP contribution is 2.43. The van der Waals surface area contributed by atoms with E-state index < -0.39 is 22.9 Å². The topological polar surface area (TPSA) is 184 Å². The predicted octanol–water partition coefficient (Wildman–Crippen LogP) is 3.56. The van der Waals surface area contributed by atoms with Crippen LogP contribution in [0.15, 0.2) is 77.0 Å². The number of rotatable bonds is 13. The van der Waals surface area contributed by atoms with Crippen LogP contribution in [0.5, 0.6) is 5.75 Å². The highest BCUT2D eigenvalue weighted by molar-refractivity contribution is 6.28. The van der Waals surface area contributed by atoms with Crippen molar-refractivity contribution in [3.8, 4) is 11.8 Å². The zero-order chi connectivity index (χ0) is 37.5. The van der Waals surface area contributed by atoms with Crippen LogP contribution in [0.4, 0.5) is 0 Å². The number of aryl methyl sites for hydroxylation is 1. The van der Waals surface area contributed by atoms with Gasteiger partial charge in [0, 0.05) is 57.2 Å². The van der Waals surface area contributed by atoms with Gasteiger partial charge >= 0.3 is 0 Å². The monoisotopic (exact) mass is 737 g/mol. The summed E-state index contributed by atoms with van der Waals surface area (Å²) in [5.41, 5.74) is 3.82. The molecule has 1 aliphatic heterocycles. The fourth-order valence-corrected chi connectivity index (χ4v) is 6.91. The lowest BCUT2D eigenvalue weighted by Crippen LogP contribution is -2.52. The Morgan fingerprint density at radius 1 is 1.23 bits per heavy atom. The summed E-state index contributed by atoms with van der Waals surface area (Å²) in [6.45, 7) is 3.72. The number of ether oxygens (including phenoxy) is 2. The summed E-state index contributed by atoms with van der Waals surface area (Å²) in [5, 5.41) is 32.0. The van der Waals surface area contributed by atoms with Crippen LogP contribution in [0.3, 0.4) is 0 Å². The van der Waals surface area contributed by atoms with Gasteiger partial charge in [-0.2, -0.15) is 5.26 Å². The maximum atomic E-state index is 14.2. The van der Waals surface area contributed by atoms with E-state index >= 15 is 0 Å². The van der Waals surface area contributed by atoms with Gasteiger partial charge in [-0.05, 0) is 53.8 Å². The molecule has 274 valence electrons. The molecular weight excluding hydrogens is 698 g/mol. The fourth-order valence-electron chi connectivity index (χ4n) is 6.50. The van der Waals surface area contributed by atoms with Crippen molar-refractivity contribution in [2.75, 3.05) is 33.9 Å². The number of nitrogens with zero attached hydrogens (tertiary/aromatic N) is 3. The van der Waals surface area contributed by atoms with Crippen LogP contribution in [-0.2, 0) is 28.2 Å². The van der Waals surface area contributed by atoms with Crippen LogP contribution in [-0.4, -0.2) is 78.4 Å². The molecule has 1 amide bonds. The Balaban J connectivity index is 1.36. The fraction of sp³-hybridized carbons (Fsp3) is 0.333. The number of aliphatic hydroxyl groups excluding tert-OH is 1. The lowest BCUT2D eigenvalue weighted by atomic mass is 9.81. The average molecular weight is 738 g/mol. The van der Waals surface area contributed by atoms with Gasteiger partial charge in [0.1, 0.15) is 34.7 Å². The Morgan fingerprint density at radius 2 is 2.06 bits per heavy atom. The maximum Gasteiger partial charge on any atom is 0.271 e. The minimum Gasteiger partial charge on any atom is -0.496 e. The molecule has 2 aromatic carbocycles. The normalized spacial score (nSPS) is 21.0. The molecule has 0 bridgehead atoms. The molecule has 14 heteroatoms. The second-order valence-corrected chi connectivity index (χ2v) is 13.3. The molecule has 5 N–H and O–H groups in total. The van der Waals surface area contributed by atoms with Gasteiger partial charge in [-0.15, -0.1) is 11.6 Å². The number of oxazole rings is 1. The van der Waals surface area contributed by atoms with Crippen molar-refractivity contribution in [2.24, 2.45) is 0 Å². The molecule has 2 unspecified atom stereocenters. The number of allylic oxidation sites excluding steroid dienone is 2. The van der Waals surface area contributed by atoms with Crippen molar-refractivity contribution in [1.29, 1.82) is 5.26 Å². The van der Waals surface area contributed by atoms with Gasteiger partial charge in [0.05, 0.1) is 30.8 Å². The Labute approximate surface area is 311 Å². The number of nitrogens with one attached hydrogen (secondary N) is 4. The first-order valence-corrected chi connectivity index (χ1v) is 17.6. The molecule has 4 atom stereocenters. The number of methoxy groups -OCH3 is 1. The van der Waals surface area contributed by atoms with Gasteiger partial charge in [0.2, 0.25) is 5.89 Å². The third-order valence-electron chi connectivity index (χ3n) is 9.44. The van der Waals surface area contributed by atoms with Crippen molar-refractivity contribution in [1.82, 2.24) is 31.2 Å². The van der Waals surface area contributed by atoms with E-state index in [1.165, 1.54) is 19.4 Å². The van der Waals surface area contributed by atoms with Crippen LogP contribution in [0, 0.1) is 18.3 Å². The van der Waals surface area contributed by atoms with Crippen LogP contribution < -0.4 is 26.0 Å². The molecule has 2 aliphatic rings. The summed E-state index contributed by atoms with van der Waals surface area (Å²) in [5.74, 6) is 1.74. The van der Waals surface area contributed by atoms with Crippen LogP contribution in [0.25, 0.3) is 16.7 Å². The zero-order valence-corrected chi connectivity index (χ0v) is 30.3. The lowest BCUT2D eigenvalue weighted by molar-refractivity contribution is -0.0280. The van der Waals surface area contributed by atoms with E-state index in [1.54, 1.807) is 25.3 Å². The van der Waals surface area contributed by atoms with Gasteiger partial charge in [-0.1, -0.05) is 36.4 Å². The molecule has 4 aromatic rings. The second kappa shape index (κ2) is 16.6. The summed E-state index contributed by atoms with van der Waals surface area (Å²) >= 11 is 7.42. The number of fused-ring (bicyclic) bond motifs is 1. The number of aromatic nitrogens is 2. The van der Waals surface area contributed by atoms with Crippen LogP contribution >= 0.6 is 11.6 Å². The summed E-state index contributed by atoms with van der Waals surface area (Å²) < 4.78 is 17.3.